The molecular weight excluding hydrogens is 589 g/mol. The van der Waals surface area contributed by atoms with Crippen LogP contribution >= 0.6 is 22.1 Å². The van der Waals surface area contributed by atoms with Gasteiger partial charge < -0.3 is 0 Å². The molecule has 19 nitrogen and oxygen atoms in total. The van der Waals surface area contributed by atoms with Crippen LogP contribution in [0.25, 0.3) is 0 Å². The van der Waals surface area contributed by atoms with Crippen LogP contribution in [-0.2, 0) is 79.9 Å². The number of nitrogens with zero attached hydrogens (tertiary/aromatic N) is 2. The minimum absolute atomic E-state index is 1.30. The smallest absolute Gasteiger partial charge is 0.292 e. The highest BCUT2D eigenvalue weighted by Gasteiger charge is 2.47. The molecule has 28 heteroatoms. The van der Waals surface area contributed by atoms with E-state index in [1.54, 1.807) is 0 Å². The van der Waals surface area contributed by atoms with Crippen LogP contribution in [0.2, 0.25) is 0 Å². The topological polar surface area (TPSA) is 294 Å². The fourth-order valence-corrected chi connectivity index (χ4v) is 12.3. The molecule has 4 N–H and O–H groups in total. The van der Waals surface area contributed by atoms with Gasteiger partial charge in [-0.25, -0.2) is 12.6 Å². The Morgan fingerprint density at radius 1 is 0.643 bits per heavy atom. The van der Waals surface area contributed by atoms with E-state index in [-0.39, 0.29) is 0 Å². The summed E-state index contributed by atoms with van der Waals surface area (Å²) in [6.45, 7) is 0. The van der Waals surface area contributed by atoms with Crippen LogP contribution in [0, 0.1) is 0 Å². The van der Waals surface area contributed by atoms with Crippen LogP contribution in [-0.4, -0.2) is 70.7 Å². The first-order valence-electron chi connectivity index (χ1n) is 4.66. The fraction of sp³-hybridized carbons (Fsp3) is 0. The quantitative estimate of drug-likeness (QED) is 0.0753. The Labute approximate surface area is 171 Å². The largest absolute Gasteiger partial charge is 0.409 e. The Morgan fingerprint density at radius 3 is 1.07 bits per heavy atom. The van der Waals surface area contributed by atoms with Crippen molar-refractivity contribution in [2.45, 2.75) is 0 Å². The van der Waals surface area contributed by atoms with E-state index in [2.05, 4.69) is 7.26 Å². The van der Waals surface area contributed by atoms with Crippen molar-refractivity contribution in [1.82, 2.24) is 6.23 Å². The van der Waals surface area contributed by atoms with Gasteiger partial charge >= 0.3 is 38.9 Å². The first kappa shape index (κ1) is 28.6. The van der Waals surface area contributed by atoms with Gasteiger partial charge in [-0.2, -0.15) is 40.9 Å². The van der Waals surface area contributed by atoms with E-state index in [0.717, 1.165) is 0 Å². The lowest BCUT2D eigenvalue weighted by Crippen LogP contribution is -2.44. The van der Waals surface area contributed by atoms with E-state index in [1.807, 2.05) is 0 Å². The highest BCUT2D eigenvalue weighted by Crippen LogP contribution is 2.30. The molecule has 2 atom stereocenters. The monoisotopic (exact) mass is 592 g/mol. The molecule has 2 unspecified atom stereocenters. The zero-order valence-corrected chi connectivity index (χ0v) is 19.0. The van der Waals surface area contributed by atoms with Gasteiger partial charge in [0, 0.05) is 6.23 Å². The van der Waals surface area contributed by atoms with Gasteiger partial charge in [-0.05, 0) is 0 Å². The van der Waals surface area contributed by atoms with Crippen molar-refractivity contribution in [3.05, 3.63) is 0 Å². The van der Waals surface area contributed by atoms with Crippen molar-refractivity contribution in [3.63, 3.8) is 0 Å². The SMILES string of the molecule is O=S(O)N(S(=O)N(S(=O)O)S(=O)(=O)SOS(=O)(=O)O)S(=O)(=O)SOS(=O)(=O)O. The van der Waals surface area contributed by atoms with Gasteiger partial charge in [0.1, 0.15) is 0 Å². The molecule has 0 heterocycles. The van der Waals surface area contributed by atoms with Gasteiger partial charge in [-0.3, -0.25) is 18.2 Å². The molecule has 0 bridgehead atoms. The van der Waals surface area contributed by atoms with Gasteiger partial charge in [0.15, 0.2) is 22.1 Å². The minimum atomic E-state index is -5.77. The summed E-state index contributed by atoms with van der Waals surface area (Å²) in [6, 6.07) is 0. The van der Waals surface area contributed by atoms with Gasteiger partial charge in [0.25, 0.3) is 22.5 Å². The summed E-state index contributed by atoms with van der Waals surface area (Å²) < 4.78 is 161. The first-order chi connectivity index (χ1) is 12.2. The van der Waals surface area contributed by atoms with Crippen molar-refractivity contribution >= 4 is 94.8 Å². The first-order valence-corrected chi connectivity index (χ1v) is 16.0. The second-order valence-corrected chi connectivity index (χ2v) is 16.2. The molecule has 0 aromatic carbocycles. The molecule has 0 saturated carbocycles. The number of hydrogen-bond acceptors (Lipinski definition) is 15. The second-order valence-electron chi connectivity index (χ2n) is 3.12. The fourth-order valence-electron chi connectivity index (χ4n) is 0.666. The van der Waals surface area contributed by atoms with E-state index in [4.69, 9.17) is 18.2 Å². The molecule has 0 radical (unpaired) electrons. The maximum Gasteiger partial charge on any atom is 0.409 e. The van der Waals surface area contributed by atoms with Crippen molar-refractivity contribution < 1.29 is 71.8 Å². The van der Waals surface area contributed by atoms with Crippen LogP contribution in [0.4, 0.5) is 0 Å². The summed E-state index contributed by atoms with van der Waals surface area (Å²) in [4.78, 5) is 0. The molecule has 0 rings (SSSR count). The maximum atomic E-state index is 12.0. The predicted octanol–water partition coefficient (Wildman–Crippen LogP) is -3.13. The summed E-state index contributed by atoms with van der Waals surface area (Å²) in [7, 11) is -22.6. The third kappa shape index (κ3) is 9.63. The third-order valence-electron chi connectivity index (χ3n) is 1.27. The van der Waals surface area contributed by atoms with E-state index < -0.39 is 101 Å². The average Bonchev–Trinajstić information content (AvgIpc) is 2.40. The molecule has 0 aliphatic rings. The van der Waals surface area contributed by atoms with Crippen LogP contribution in [0.3, 0.4) is 0 Å². The summed E-state index contributed by atoms with van der Waals surface area (Å²) >= 11 is -15.0. The van der Waals surface area contributed by atoms with Gasteiger partial charge in [0.2, 0.25) is 11.2 Å². The van der Waals surface area contributed by atoms with Crippen molar-refractivity contribution in [1.29, 1.82) is 0 Å². The zero-order chi connectivity index (χ0) is 22.7. The number of rotatable bonds is 12. The zero-order valence-electron chi connectivity index (χ0n) is 11.7. The second kappa shape index (κ2) is 10.3. The van der Waals surface area contributed by atoms with E-state index in [9.17, 15) is 46.3 Å². The third-order valence-corrected chi connectivity index (χ3v) is 14.7. The van der Waals surface area contributed by atoms with Crippen LogP contribution < -0.4 is 0 Å². The predicted molar refractivity (Wildman–Crippen MR) is 91.7 cm³/mol. The van der Waals surface area contributed by atoms with Crippen molar-refractivity contribution in [2.75, 3.05) is 0 Å². The molecule has 0 spiro atoms. The van der Waals surface area contributed by atoms with Crippen molar-refractivity contribution in [3.8, 4) is 0 Å². The molecular formula is H4N2O17S9. The molecule has 0 saturated heterocycles. The van der Waals surface area contributed by atoms with E-state index >= 15 is 0 Å². The minimum Gasteiger partial charge on any atom is -0.292 e. The van der Waals surface area contributed by atoms with Crippen molar-refractivity contribution in [2.24, 2.45) is 0 Å². The van der Waals surface area contributed by atoms with Crippen LogP contribution in [0.1, 0.15) is 0 Å². The van der Waals surface area contributed by atoms with E-state index in [0.29, 0.717) is 0 Å². The van der Waals surface area contributed by atoms with E-state index in [1.165, 1.54) is 0 Å². The molecule has 0 amide bonds. The lowest BCUT2D eigenvalue weighted by molar-refractivity contribution is 0.406. The number of hydrogen-bond donors (Lipinski definition) is 4. The highest BCUT2D eigenvalue weighted by atomic mass is 33.2. The standard InChI is InChI=1S/H4N2O17S9/c3-22(1(23(4)5)25(8,9)20-18-27(12,13)14)2(24(6)7)26(10,11)21-19-28(15,16)17/h(H,4,5)(H,6,7)(H,12,13,14)(H,15,16,17). The summed E-state index contributed by atoms with van der Waals surface area (Å²) in [6.07, 6.45) is 0. The average molecular weight is 593 g/mol. The maximum absolute atomic E-state index is 12.0. The van der Waals surface area contributed by atoms with Gasteiger partial charge in [-0.15, -0.1) is 0 Å². The molecule has 0 aliphatic heterocycles. The molecule has 0 aromatic rings. The van der Waals surface area contributed by atoms with Gasteiger partial charge in [0.05, 0.1) is 0 Å². The Kier molecular flexibility index (Phi) is 10.5. The summed E-state index contributed by atoms with van der Waals surface area (Å²) in [5, 5.41) is 0. The molecule has 28 heavy (non-hydrogen) atoms. The normalized spacial score (nSPS) is 17.5. The summed E-state index contributed by atoms with van der Waals surface area (Å²) in [5.74, 6) is 0. The lowest BCUT2D eigenvalue weighted by Gasteiger charge is -2.20. The summed E-state index contributed by atoms with van der Waals surface area (Å²) in [5.41, 5.74) is 0. The Morgan fingerprint density at radius 2 is 0.893 bits per heavy atom. The van der Waals surface area contributed by atoms with Gasteiger partial charge in [-0.1, -0.05) is 0 Å². The molecule has 0 fully saturated rings. The Bertz CT molecular complexity index is 969. The Balaban J connectivity index is 6.13. The molecule has 0 aliphatic carbocycles. The molecule has 170 valence electrons. The Hall–Kier alpha value is 0.630. The highest BCUT2D eigenvalue weighted by molar-refractivity contribution is 8.73. The lowest BCUT2D eigenvalue weighted by atomic mass is 13.8. The molecule has 0 aromatic heterocycles. The van der Waals surface area contributed by atoms with Crippen LogP contribution in [0.15, 0.2) is 0 Å². The van der Waals surface area contributed by atoms with Crippen LogP contribution in [0.5, 0.6) is 0 Å².